The van der Waals surface area contributed by atoms with Crippen molar-refractivity contribution in [1.82, 2.24) is 15.4 Å². The second-order valence-electron chi connectivity index (χ2n) is 7.50. The highest BCUT2D eigenvalue weighted by Gasteiger charge is 2.33. The van der Waals surface area contributed by atoms with Gasteiger partial charge in [-0.2, -0.15) is 0 Å². The molecule has 0 radical (unpaired) electrons. The second kappa shape index (κ2) is 9.82. The fourth-order valence-corrected chi connectivity index (χ4v) is 4.46. The lowest BCUT2D eigenvalue weighted by molar-refractivity contribution is -0.123. The lowest BCUT2D eigenvalue weighted by Gasteiger charge is -2.19. The van der Waals surface area contributed by atoms with Crippen molar-refractivity contribution in [2.75, 3.05) is 13.1 Å². The predicted octanol–water partition coefficient (Wildman–Crippen LogP) is 1.39. The van der Waals surface area contributed by atoms with Crippen molar-refractivity contribution in [3.05, 3.63) is 59.7 Å². The molecular weight excluding hydrogens is 432 g/mol. The Kier molecular flexibility index (Phi) is 7.14. The first-order chi connectivity index (χ1) is 15.2. The van der Waals surface area contributed by atoms with E-state index in [4.69, 9.17) is 0 Å². The van der Waals surface area contributed by atoms with Crippen molar-refractivity contribution in [3.63, 3.8) is 0 Å². The summed E-state index contributed by atoms with van der Waals surface area (Å²) in [6.45, 7) is 4.18. The highest BCUT2D eigenvalue weighted by Crippen LogP contribution is 2.24. The summed E-state index contributed by atoms with van der Waals surface area (Å²) >= 11 is 0. The van der Waals surface area contributed by atoms with E-state index in [-0.39, 0.29) is 47.3 Å². The van der Waals surface area contributed by atoms with Crippen molar-refractivity contribution in [2.24, 2.45) is 10.9 Å². The molecular formula is C22H26N4O5S. The fourth-order valence-electron chi connectivity index (χ4n) is 3.22. The van der Waals surface area contributed by atoms with E-state index in [0.29, 0.717) is 17.5 Å². The van der Waals surface area contributed by atoms with E-state index in [2.05, 4.69) is 20.3 Å². The van der Waals surface area contributed by atoms with E-state index in [1.54, 1.807) is 18.2 Å². The normalized spacial score (nSPS) is 17.1. The minimum Gasteiger partial charge on any atom is -0.508 e. The summed E-state index contributed by atoms with van der Waals surface area (Å²) in [5.41, 5.74) is 0.833. The zero-order valence-electron chi connectivity index (χ0n) is 17.8. The molecule has 1 heterocycles. The zero-order chi connectivity index (χ0) is 23.3. The van der Waals surface area contributed by atoms with Gasteiger partial charge in [-0.3, -0.25) is 19.3 Å². The maximum absolute atomic E-state index is 12.8. The number of amidine groups is 1. The van der Waals surface area contributed by atoms with E-state index in [1.807, 2.05) is 13.8 Å². The van der Waals surface area contributed by atoms with Crippen molar-refractivity contribution < 1.29 is 23.1 Å². The van der Waals surface area contributed by atoms with Gasteiger partial charge in [-0.15, -0.1) is 0 Å². The smallest absolute Gasteiger partial charge is 0.263 e. The third-order valence-corrected chi connectivity index (χ3v) is 6.62. The highest BCUT2D eigenvalue weighted by atomic mass is 32.2. The van der Waals surface area contributed by atoms with Gasteiger partial charge >= 0.3 is 0 Å². The number of phenols is 1. The van der Waals surface area contributed by atoms with Crippen molar-refractivity contribution in [3.8, 4) is 5.75 Å². The maximum Gasteiger partial charge on any atom is 0.263 e. The van der Waals surface area contributed by atoms with Gasteiger partial charge in [-0.05, 0) is 42.3 Å². The monoisotopic (exact) mass is 458 g/mol. The number of fused-ring (bicyclic) bond motifs is 1. The minimum atomic E-state index is -3.69. The zero-order valence-corrected chi connectivity index (χ0v) is 18.6. The molecule has 0 saturated carbocycles. The van der Waals surface area contributed by atoms with E-state index < -0.39 is 16.1 Å². The fraction of sp³-hybridized carbons (Fsp3) is 0.318. The third kappa shape index (κ3) is 5.25. The number of hydrogen-bond acceptors (Lipinski definition) is 6. The molecule has 0 unspecified atom stereocenters. The third-order valence-electron chi connectivity index (χ3n) is 5.22. The van der Waals surface area contributed by atoms with Crippen LogP contribution in [0.5, 0.6) is 5.75 Å². The molecule has 32 heavy (non-hydrogen) atoms. The van der Waals surface area contributed by atoms with Crippen LogP contribution in [0.2, 0.25) is 0 Å². The summed E-state index contributed by atoms with van der Waals surface area (Å²) in [6.07, 6.45) is 0.668. The van der Waals surface area contributed by atoms with Crippen molar-refractivity contribution >= 4 is 27.7 Å². The first-order valence-electron chi connectivity index (χ1n) is 10.3. The summed E-state index contributed by atoms with van der Waals surface area (Å²) in [7, 11) is -3.69. The number of sulfonamides is 1. The summed E-state index contributed by atoms with van der Waals surface area (Å²) in [5.74, 6) is -0.587. The van der Waals surface area contributed by atoms with Crippen LogP contribution in [0.25, 0.3) is 0 Å². The number of carbonyl (C=O) groups is 2. The van der Waals surface area contributed by atoms with Crippen LogP contribution < -0.4 is 15.4 Å². The number of nitrogens with zero attached hydrogens (tertiary/aromatic N) is 1. The van der Waals surface area contributed by atoms with Crippen molar-refractivity contribution in [2.45, 2.75) is 31.2 Å². The first kappa shape index (κ1) is 23.3. The van der Waals surface area contributed by atoms with E-state index in [1.165, 1.54) is 30.3 Å². The molecule has 1 aliphatic heterocycles. The summed E-state index contributed by atoms with van der Waals surface area (Å²) in [5, 5.41) is 14.7. The molecule has 4 N–H and O–H groups in total. The highest BCUT2D eigenvalue weighted by molar-refractivity contribution is 7.90. The Morgan fingerprint density at radius 2 is 1.72 bits per heavy atom. The average molecular weight is 459 g/mol. The van der Waals surface area contributed by atoms with E-state index in [9.17, 15) is 23.1 Å². The molecule has 2 aromatic carbocycles. The minimum absolute atomic E-state index is 0.0682. The molecule has 0 aliphatic carbocycles. The van der Waals surface area contributed by atoms with Gasteiger partial charge in [0.25, 0.3) is 15.9 Å². The second-order valence-corrected chi connectivity index (χ2v) is 9.15. The Morgan fingerprint density at radius 1 is 1.06 bits per heavy atom. The Hall–Kier alpha value is -3.40. The molecule has 1 aliphatic rings. The molecule has 170 valence electrons. The SMILES string of the molecule is CC[C@H](C)[C@H](N=C1NS(=O)(=O)c2ccccc21)C(=O)NCCNC(=O)c1ccc(O)cc1. The Labute approximate surface area is 187 Å². The number of amides is 2. The van der Waals surface area contributed by atoms with Crippen LogP contribution in [-0.2, 0) is 14.8 Å². The van der Waals surface area contributed by atoms with Crippen LogP contribution >= 0.6 is 0 Å². The number of nitrogens with one attached hydrogen (secondary N) is 3. The van der Waals surface area contributed by atoms with Gasteiger partial charge in [0, 0.05) is 24.2 Å². The molecule has 2 atom stereocenters. The molecule has 10 heteroatoms. The Morgan fingerprint density at radius 3 is 2.41 bits per heavy atom. The van der Waals surface area contributed by atoms with Crippen LogP contribution in [0.15, 0.2) is 58.4 Å². The van der Waals surface area contributed by atoms with E-state index in [0.717, 1.165) is 0 Å². The van der Waals surface area contributed by atoms with Crippen LogP contribution in [0.3, 0.4) is 0 Å². The molecule has 2 amide bonds. The number of aliphatic imine (C=N–C) groups is 1. The predicted molar refractivity (Wildman–Crippen MR) is 120 cm³/mol. The van der Waals surface area contributed by atoms with Gasteiger partial charge in [-0.1, -0.05) is 32.4 Å². The average Bonchev–Trinajstić information content (AvgIpc) is 3.04. The number of benzene rings is 2. The lowest BCUT2D eigenvalue weighted by atomic mass is 9.98. The van der Waals surface area contributed by atoms with Crippen molar-refractivity contribution in [1.29, 1.82) is 0 Å². The molecule has 0 aromatic heterocycles. The largest absolute Gasteiger partial charge is 0.508 e. The summed E-state index contributed by atoms with van der Waals surface area (Å²) in [6, 6.07) is 11.5. The van der Waals surface area contributed by atoms with Gasteiger partial charge in [0.15, 0.2) is 0 Å². The topological polar surface area (TPSA) is 137 Å². The number of rotatable bonds is 8. The van der Waals surface area contributed by atoms with Crippen LogP contribution in [0, 0.1) is 5.92 Å². The van der Waals surface area contributed by atoms with Crippen LogP contribution in [0.1, 0.15) is 36.2 Å². The molecule has 2 aromatic rings. The number of carbonyl (C=O) groups excluding carboxylic acids is 2. The number of aromatic hydroxyl groups is 1. The molecule has 9 nitrogen and oxygen atoms in total. The summed E-state index contributed by atoms with van der Waals surface area (Å²) in [4.78, 5) is 29.5. The molecule has 0 saturated heterocycles. The van der Waals surface area contributed by atoms with Gasteiger partial charge < -0.3 is 15.7 Å². The van der Waals surface area contributed by atoms with Gasteiger partial charge in [0.05, 0.1) is 4.90 Å². The van der Waals surface area contributed by atoms with Gasteiger partial charge in [0.2, 0.25) is 5.91 Å². The number of hydrogen-bond donors (Lipinski definition) is 4. The van der Waals surface area contributed by atoms with Gasteiger partial charge in [-0.25, -0.2) is 8.42 Å². The van der Waals surface area contributed by atoms with Crippen LogP contribution in [-0.4, -0.2) is 50.3 Å². The number of phenolic OH excluding ortho intramolecular Hbond substituents is 1. The molecule has 3 rings (SSSR count). The quantitative estimate of drug-likeness (QED) is 0.443. The maximum atomic E-state index is 12.8. The lowest BCUT2D eigenvalue weighted by Crippen LogP contribution is -2.42. The molecule has 0 spiro atoms. The van der Waals surface area contributed by atoms with E-state index >= 15 is 0 Å². The Balaban J connectivity index is 1.64. The molecule has 0 fully saturated rings. The van der Waals surface area contributed by atoms with Crippen LogP contribution in [0.4, 0.5) is 0 Å². The van der Waals surface area contributed by atoms with Gasteiger partial charge in [0.1, 0.15) is 17.6 Å². The molecule has 0 bridgehead atoms. The summed E-state index contributed by atoms with van der Waals surface area (Å²) < 4.78 is 27.1. The first-order valence-corrected chi connectivity index (χ1v) is 11.8. The standard InChI is InChI=1S/C22H26N4O5S/c1-3-14(2)19(25-20-17-6-4-5-7-18(17)32(30,31)26-20)22(29)24-13-12-23-21(28)15-8-10-16(27)11-9-15/h4-11,14,19,27H,3,12-13H2,1-2H3,(H,23,28)(H,24,29)(H,25,26)/t14-,19-/m0/s1. The Bertz CT molecular complexity index is 1130.